The Morgan fingerprint density at radius 1 is 1.25 bits per heavy atom. The predicted octanol–water partition coefficient (Wildman–Crippen LogP) is 0.538. The maximum absolute atomic E-state index is 11.7. The molecule has 0 aliphatic rings. The largest absolute Gasteiger partial charge is 0.330 e. The topological polar surface area (TPSA) is 75.4 Å². The molecule has 0 heterocycles. The van der Waals surface area contributed by atoms with E-state index in [1.54, 1.807) is 7.05 Å². The third-order valence-corrected chi connectivity index (χ3v) is 3.80. The first-order chi connectivity index (χ1) is 7.40. The first-order valence-corrected chi connectivity index (χ1v) is 7.25. The van der Waals surface area contributed by atoms with Crippen LogP contribution in [0.4, 0.5) is 0 Å². The molecule has 0 saturated carbocycles. The van der Waals surface area contributed by atoms with Gasteiger partial charge in [0.15, 0.2) is 0 Å². The molecule has 0 aromatic heterocycles. The van der Waals surface area contributed by atoms with Gasteiger partial charge < -0.3 is 5.73 Å². The molecule has 0 saturated heterocycles. The summed E-state index contributed by atoms with van der Waals surface area (Å²) in [5.41, 5.74) is 5.37. The highest BCUT2D eigenvalue weighted by atomic mass is 32.2. The normalized spacial score (nSPS) is 12.6. The van der Waals surface area contributed by atoms with Crippen molar-refractivity contribution in [2.24, 2.45) is 11.7 Å². The monoisotopic (exact) mass is 251 g/mol. The number of nitrogens with one attached hydrogen (secondary N) is 1. The molecule has 0 aromatic carbocycles. The number of nitrogens with two attached hydrogens (primary N) is 1. The highest BCUT2D eigenvalue weighted by Gasteiger charge is 2.16. The first kappa shape index (κ1) is 15.8. The minimum atomic E-state index is -3.29. The summed E-state index contributed by atoms with van der Waals surface area (Å²) in [7, 11) is -1.69. The Morgan fingerprint density at radius 2 is 1.88 bits per heavy atom. The molecule has 0 bridgehead atoms. The average Bonchev–Trinajstić information content (AvgIpc) is 2.21. The number of rotatable bonds is 9. The average molecular weight is 251 g/mol. The van der Waals surface area contributed by atoms with E-state index in [-0.39, 0.29) is 0 Å². The van der Waals surface area contributed by atoms with Crippen molar-refractivity contribution in [1.82, 2.24) is 9.03 Å². The lowest BCUT2D eigenvalue weighted by atomic mass is 10.2. The quantitative estimate of drug-likeness (QED) is 0.587. The van der Waals surface area contributed by atoms with Crippen molar-refractivity contribution < 1.29 is 8.42 Å². The number of hydrogen-bond acceptors (Lipinski definition) is 3. The van der Waals surface area contributed by atoms with E-state index in [2.05, 4.69) is 4.72 Å². The summed E-state index contributed by atoms with van der Waals surface area (Å²) in [6.45, 7) is 5.65. The van der Waals surface area contributed by atoms with Gasteiger partial charge in [0.25, 0.3) is 10.2 Å². The van der Waals surface area contributed by atoms with Crippen LogP contribution in [0.3, 0.4) is 0 Å². The van der Waals surface area contributed by atoms with Crippen LogP contribution in [0.2, 0.25) is 0 Å². The zero-order valence-corrected chi connectivity index (χ0v) is 11.4. The van der Waals surface area contributed by atoms with Gasteiger partial charge in [-0.3, -0.25) is 0 Å². The maximum atomic E-state index is 11.7. The van der Waals surface area contributed by atoms with Gasteiger partial charge in [-0.05, 0) is 25.3 Å². The van der Waals surface area contributed by atoms with E-state index in [0.29, 0.717) is 25.6 Å². The summed E-state index contributed by atoms with van der Waals surface area (Å²) in [5, 5.41) is 0. The predicted molar refractivity (Wildman–Crippen MR) is 67.3 cm³/mol. The second-order valence-corrected chi connectivity index (χ2v) is 6.28. The van der Waals surface area contributed by atoms with Crippen molar-refractivity contribution in [3.05, 3.63) is 0 Å². The molecule has 98 valence electrons. The van der Waals surface area contributed by atoms with Gasteiger partial charge in [0, 0.05) is 20.1 Å². The molecule has 0 radical (unpaired) electrons. The minimum absolute atomic E-state index is 0.320. The summed E-state index contributed by atoms with van der Waals surface area (Å²) in [5.74, 6) is 0.320. The van der Waals surface area contributed by atoms with Crippen molar-refractivity contribution in [2.75, 3.05) is 26.7 Å². The smallest absolute Gasteiger partial charge is 0.279 e. The van der Waals surface area contributed by atoms with Crippen LogP contribution in [0.25, 0.3) is 0 Å². The molecular formula is C10H25N3O2S. The minimum Gasteiger partial charge on any atom is -0.330 e. The molecule has 5 nitrogen and oxygen atoms in total. The second-order valence-electron chi connectivity index (χ2n) is 4.42. The molecule has 0 amide bonds. The summed E-state index contributed by atoms with van der Waals surface area (Å²) in [4.78, 5) is 0. The van der Waals surface area contributed by atoms with Gasteiger partial charge in [-0.25, -0.2) is 4.72 Å². The molecule has 0 spiro atoms. The van der Waals surface area contributed by atoms with Gasteiger partial charge in [-0.2, -0.15) is 12.7 Å². The van der Waals surface area contributed by atoms with Crippen LogP contribution >= 0.6 is 0 Å². The van der Waals surface area contributed by atoms with Crippen LogP contribution in [0.1, 0.15) is 33.1 Å². The number of nitrogens with zero attached hydrogens (tertiary/aromatic N) is 1. The lowest BCUT2D eigenvalue weighted by Gasteiger charge is -2.18. The van der Waals surface area contributed by atoms with Gasteiger partial charge in [-0.1, -0.05) is 20.3 Å². The van der Waals surface area contributed by atoms with Gasteiger partial charge in [-0.15, -0.1) is 0 Å². The molecule has 3 N–H and O–H groups in total. The van der Waals surface area contributed by atoms with Crippen molar-refractivity contribution in [2.45, 2.75) is 33.1 Å². The van der Waals surface area contributed by atoms with Crippen LogP contribution in [-0.2, 0) is 10.2 Å². The van der Waals surface area contributed by atoms with Crippen LogP contribution in [-0.4, -0.2) is 39.4 Å². The Hall–Kier alpha value is -0.170. The standard InChI is InChI=1S/C10H25N3O2S/c1-10(2)9-12-16(14,15)13(3)8-6-4-5-7-11/h10,12H,4-9,11H2,1-3H3. The maximum Gasteiger partial charge on any atom is 0.279 e. The van der Waals surface area contributed by atoms with Crippen molar-refractivity contribution in [3.8, 4) is 0 Å². The van der Waals surface area contributed by atoms with Crippen LogP contribution in [0.5, 0.6) is 0 Å². The molecule has 0 aliphatic carbocycles. The van der Waals surface area contributed by atoms with Crippen molar-refractivity contribution >= 4 is 10.2 Å². The Balaban J connectivity index is 3.90. The highest BCUT2D eigenvalue weighted by Crippen LogP contribution is 2.01. The SMILES string of the molecule is CC(C)CNS(=O)(=O)N(C)CCCCCN. The molecule has 6 heteroatoms. The lowest BCUT2D eigenvalue weighted by molar-refractivity contribution is 0.438. The van der Waals surface area contributed by atoms with Gasteiger partial charge in [0.1, 0.15) is 0 Å². The zero-order valence-electron chi connectivity index (χ0n) is 10.6. The van der Waals surface area contributed by atoms with E-state index < -0.39 is 10.2 Å². The Kier molecular flexibility index (Phi) is 7.91. The zero-order chi connectivity index (χ0) is 12.6. The van der Waals surface area contributed by atoms with E-state index in [4.69, 9.17) is 5.73 Å². The Bertz CT molecular complexity index is 265. The summed E-state index contributed by atoms with van der Waals surface area (Å²) >= 11 is 0. The summed E-state index contributed by atoms with van der Waals surface area (Å²) < 4.78 is 27.3. The van der Waals surface area contributed by atoms with E-state index >= 15 is 0 Å². The molecule has 0 rings (SSSR count). The number of hydrogen-bond donors (Lipinski definition) is 2. The Morgan fingerprint density at radius 3 is 2.38 bits per heavy atom. The molecule has 0 aliphatic heterocycles. The van der Waals surface area contributed by atoms with Crippen LogP contribution in [0.15, 0.2) is 0 Å². The fourth-order valence-corrected chi connectivity index (χ4v) is 2.29. The lowest BCUT2D eigenvalue weighted by Crippen LogP contribution is -2.40. The Labute approximate surface area is 99.6 Å². The van der Waals surface area contributed by atoms with Crippen LogP contribution < -0.4 is 10.5 Å². The first-order valence-electron chi connectivity index (χ1n) is 5.81. The third-order valence-electron chi connectivity index (χ3n) is 2.26. The van der Waals surface area contributed by atoms with E-state index in [0.717, 1.165) is 19.3 Å². The summed E-state index contributed by atoms with van der Waals surface area (Å²) in [6.07, 6.45) is 2.78. The third kappa shape index (κ3) is 7.16. The highest BCUT2D eigenvalue weighted by molar-refractivity contribution is 7.87. The fourth-order valence-electron chi connectivity index (χ4n) is 1.16. The van der Waals surface area contributed by atoms with E-state index in [1.165, 1.54) is 4.31 Å². The molecule has 0 fully saturated rings. The van der Waals surface area contributed by atoms with Crippen molar-refractivity contribution in [3.63, 3.8) is 0 Å². The molecular weight excluding hydrogens is 226 g/mol. The second kappa shape index (κ2) is 8.00. The van der Waals surface area contributed by atoms with E-state index in [9.17, 15) is 8.42 Å². The van der Waals surface area contributed by atoms with Gasteiger partial charge in [0.2, 0.25) is 0 Å². The van der Waals surface area contributed by atoms with Gasteiger partial charge in [0.05, 0.1) is 0 Å². The van der Waals surface area contributed by atoms with E-state index in [1.807, 2.05) is 13.8 Å². The van der Waals surface area contributed by atoms with Crippen LogP contribution in [0, 0.1) is 5.92 Å². The van der Waals surface area contributed by atoms with Crippen molar-refractivity contribution in [1.29, 1.82) is 0 Å². The number of unbranched alkanes of at least 4 members (excludes halogenated alkanes) is 2. The van der Waals surface area contributed by atoms with Gasteiger partial charge >= 0.3 is 0 Å². The molecule has 0 atom stereocenters. The molecule has 0 aromatic rings. The molecule has 16 heavy (non-hydrogen) atoms. The molecule has 0 unspecified atom stereocenters. The summed E-state index contributed by atoms with van der Waals surface area (Å²) in [6, 6.07) is 0. The fraction of sp³-hybridized carbons (Fsp3) is 1.00.